The van der Waals surface area contributed by atoms with Gasteiger partial charge in [0.05, 0.1) is 22.3 Å². The standard InChI is InChI=1S/C13H21N3O2S/c1-8-11(19-10(3)15-8)9(2)16-12(17)13(14)4-6-18-7-5-13/h9H,4-7,14H2,1-3H3,(H,16,17). The van der Waals surface area contributed by atoms with Crippen molar-refractivity contribution in [3.8, 4) is 0 Å². The second-order valence-corrected chi connectivity index (χ2v) is 6.38. The van der Waals surface area contributed by atoms with Crippen molar-refractivity contribution in [3.63, 3.8) is 0 Å². The molecule has 0 radical (unpaired) electrons. The average Bonchev–Trinajstić information content (AvgIpc) is 2.69. The first-order chi connectivity index (χ1) is 8.92. The van der Waals surface area contributed by atoms with Crippen LogP contribution in [0.5, 0.6) is 0 Å². The van der Waals surface area contributed by atoms with Crippen LogP contribution in [0.1, 0.15) is 41.4 Å². The van der Waals surface area contributed by atoms with Gasteiger partial charge in [0.15, 0.2) is 0 Å². The number of hydrogen-bond acceptors (Lipinski definition) is 5. The van der Waals surface area contributed by atoms with Gasteiger partial charge in [-0.15, -0.1) is 11.3 Å². The largest absolute Gasteiger partial charge is 0.381 e. The lowest BCUT2D eigenvalue weighted by molar-refractivity contribution is -0.130. The molecule has 0 bridgehead atoms. The molecule has 19 heavy (non-hydrogen) atoms. The Morgan fingerprint density at radius 2 is 2.11 bits per heavy atom. The third-order valence-electron chi connectivity index (χ3n) is 3.52. The zero-order chi connectivity index (χ0) is 14.0. The van der Waals surface area contributed by atoms with Crippen LogP contribution >= 0.6 is 11.3 Å². The summed E-state index contributed by atoms with van der Waals surface area (Å²) in [5.41, 5.74) is 6.36. The van der Waals surface area contributed by atoms with Crippen LogP contribution in [0.25, 0.3) is 0 Å². The third-order valence-corrected chi connectivity index (χ3v) is 4.77. The van der Waals surface area contributed by atoms with Gasteiger partial charge in [0.2, 0.25) is 5.91 Å². The first kappa shape index (κ1) is 14.4. The smallest absolute Gasteiger partial charge is 0.240 e. The molecule has 1 aromatic rings. The quantitative estimate of drug-likeness (QED) is 0.880. The molecule has 0 aromatic carbocycles. The van der Waals surface area contributed by atoms with Gasteiger partial charge in [-0.2, -0.15) is 0 Å². The second-order valence-electron chi connectivity index (χ2n) is 5.15. The van der Waals surface area contributed by atoms with E-state index in [0.29, 0.717) is 26.1 Å². The molecule has 2 rings (SSSR count). The lowest BCUT2D eigenvalue weighted by atomic mass is 9.90. The third kappa shape index (κ3) is 3.13. The highest BCUT2D eigenvalue weighted by Crippen LogP contribution is 2.26. The summed E-state index contributed by atoms with van der Waals surface area (Å²) >= 11 is 1.62. The average molecular weight is 283 g/mol. The predicted octanol–water partition coefficient (Wildman–Crippen LogP) is 1.45. The first-order valence-corrected chi connectivity index (χ1v) is 7.35. The van der Waals surface area contributed by atoms with Crippen molar-refractivity contribution in [2.45, 2.75) is 45.2 Å². The van der Waals surface area contributed by atoms with Crippen LogP contribution in [-0.4, -0.2) is 29.6 Å². The zero-order valence-corrected chi connectivity index (χ0v) is 12.5. The van der Waals surface area contributed by atoms with E-state index in [9.17, 15) is 4.79 Å². The van der Waals surface area contributed by atoms with Gasteiger partial charge in [-0.25, -0.2) is 4.98 Å². The van der Waals surface area contributed by atoms with Crippen LogP contribution < -0.4 is 11.1 Å². The van der Waals surface area contributed by atoms with E-state index in [1.54, 1.807) is 11.3 Å². The molecule has 1 aromatic heterocycles. The number of thiazole rings is 1. The van der Waals surface area contributed by atoms with Crippen molar-refractivity contribution in [1.29, 1.82) is 0 Å². The first-order valence-electron chi connectivity index (χ1n) is 6.54. The monoisotopic (exact) mass is 283 g/mol. The van der Waals surface area contributed by atoms with Crippen molar-refractivity contribution < 1.29 is 9.53 Å². The molecule has 5 nitrogen and oxygen atoms in total. The Morgan fingerprint density at radius 3 is 2.63 bits per heavy atom. The number of rotatable bonds is 3. The van der Waals surface area contributed by atoms with Crippen LogP contribution in [0.3, 0.4) is 0 Å². The summed E-state index contributed by atoms with van der Waals surface area (Å²) in [5.74, 6) is -0.0891. The Bertz CT molecular complexity index is 466. The Labute approximate surface area is 117 Å². The summed E-state index contributed by atoms with van der Waals surface area (Å²) in [6.45, 7) is 7.02. The fourth-order valence-electron chi connectivity index (χ4n) is 2.32. The minimum atomic E-state index is -0.792. The molecular weight excluding hydrogens is 262 g/mol. The maximum atomic E-state index is 12.3. The number of nitrogens with one attached hydrogen (secondary N) is 1. The fraction of sp³-hybridized carbons (Fsp3) is 0.692. The Hall–Kier alpha value is -0.980. The van der Waals surface area contributed by atoms with E-state index in [0.717, 1.165) is 15.6 Å². The molecular formula is C13H21N3O2S. The van der Waals surface area contributed by atoms with Gasteiger partial charge in [0.25, 0.3) is 0 Å². The molecule has 0 aliphatic carbocycles. The summed E-state index contributed by atoms with van der Waals surface area (Å²) in [4.78, 5) is 17.8. The molecule has 1 amide bonds. The number of carbonyl (C=O) groups excluding carboxylic acids is 1. The van der Waals surface area contributed by atoms with Crippen molar-refractivity contribution in [1.82, 2.24) is 10.3 Å². The van der Waals surface area contributed by atoms with E-state index in [4.69, 9.17) is 10.5 Å². The van der Waals surface area contributed by atoms with Crippen molar-refractivity contribution in [2.75, 3.05) is 13.2 Å². The molecule has 3 N–H and O–H groups in total. The minimum absolute atomic E-state index is 0.0537. The minimum Gasteiger partial charge on any atom is -0.381 e. The Kier molecular flexibility index (Phi) is 4.23. The summed E-state index contributed by atoms with van der Waals surface area (Å²) in [5, 5.41) is 4.03. The van der Waals surface area contributed by atoms with Gasteiger partial charge in [-0.05, 0) is 33.6 Å². The number of hydrogen-bond donors (Lipinski definition) is 2. The van der Waals surface area contributed by atoms with E-state index >= 15 is 0 Å². The van der Waals surface area contributed by atoms with E-state index in [2.05, 4.69) is 10.3 Å². The summed E-state index contributed by atoms with van der Waals surface area (Å²) < 4.78 is 5.26. The molecule has 1 aliphatic heterocycles. The molecule has 106 valence electrons. The number of carbonyl (C=O) groups is 1. The van der Waals surface area contributed by atoms with Crippen LogP contribution in [0.2, 0.25) is 0 Å². The van der Waals surface area contributed by atoms with Gasteiger partial charge in [-0.1, -0.05) is 0 Å². The maximum Gasteiger partial charge on any atom is 0.240 e. The molecule has 1 unspecified atom stereocenters. The van der Waals surface area contributed by atoms with E-state index in [-0.39, 0.29) is 11.9 Å². The summed E-state index contributed by atoms with van der Waals surface area (Å²) in [6, 6.07) is -0.0537. The second kappa shape index (κ2) is 5.56. The van der Waals surface area contributed by atoms with Crippen LogP contribution in [-0.2, 0) is 9.53 Å². The molecule has 1 atom stereocenters. The van der Waals surface area contributed by atoms with E-state index < -0.39 is 5.54 Å². The molecule has 0 spiro atoms. The van der Waals surface area contributed by atoms with E-state index in [1.165, 1.54) is 0 Å². The molecule has 2 heterocycles. The van der Waals surface area contributed by atoms with Crippen molar-refractivity contribution >= 4 is 17.2 Å². The lowest BCUT2D eigenvalue weighted by Gasteiger charge is -2.32. The van der Waals surface area contributed by atoms with E-state index in [1.807, 2.05) is 20.8 Å². The highest BCUT2D eigenvalue weighted by atomic mass is 32.1. The van der Waals surface area contributed by atoms with Gasteiger partial charge < -0.3 is 15.8 Å². The molecule has 1 aliphatic rings. The number of aryl methyl sites for hydroxylation is 2. The van der Waals surface area contributed by atoms with Crippen LogP contribution in [0.15, 0.2) is 0 Å². The molecule has 6 heteroatoms. The summed E-state index contributed by atoms with van der Waals surface area (Å²) in [6.07, 6.45) is 1.15. The fourth-order valence-corrected chi connectivity index (χ4v) is 3.25. The predicted molar refractivity (Wildman–Crippen MR) is 75.1 cm³/mol. The lowest BCUT2D eigenvalue weighted by Crippen LogP contribution is -2.57. The molecule has 1 saturated heterocycles. The Balaban J connectivity index is 2.04. The van der Waals surface area contributed by atoms with Gasteiger partial charge >= 0.3 is 0 Å². The van der Waals surface area contributed by atoms with Crippen molar-refractivity contribution in [2.24, 2.45) is 5.73 Å². The van der Waals surface area contributed by atoms with Crippen molar-refractivity contribution in [3.05, 3.63) is 15.6 Å². The number of nitrogens with two attached hydrogens (primary N) is 1. The highest BCUT2D eigenvalue weighted by molar-refractivity contribution is 7.11. The summed E-state index contributed by atoms with van der Waals surface area (Å²) in [7, 11) is 0. The van der Waals surface area contributed by atoms with Crippen LogP contribution in [0.4, 0.5) is 0 Å². The van der Waals surface area contributed by atoms with Crippen LogP contribution in [0, 0.1) is 13.8 Å². The maximum absolute atomic E-state index is 12.3. The van der Waals surface area contributed by atoms with Gasteiger partial charge in [0.1, 0.15) is 0 Å². The Morgan fingerprint density at radius 1 is 1.47 bits per heavy atom. The number of aromatic nitrogens is 1. The topological polar surface area (TPSA) is 77.2 Å². The SMILES string of the molecule is Cc1nc(C)c(C(C)NC(=O)C2(N)CCOCC2)s1. The highest BCUT2D eigenvalue weighted by Gasteiger charge is 2.36. The molecule has 0 saturated carbocycles. The number of ether oxygens (including phenoxy) is 1. The normalized spacial score (nSPS) is 20.0. The zero-order valence-electron chi connectivity index (χ0n) is 11.7. The van der Waals surface area contributed by atoms with Gasteiger partial charge in [-0.3, -0.25) is 4.79 Å². The number of amides is 1. The molecule has 1 fully saturated rings. The van der Waals surface area contributed by atoms with Gasteiger partial charge in [0, 0.05) is 18.1 Å². The number of nitrogens with zero attached hydrogens (tertiary/aromatic N) is 1.